The van der Waals surface area contributed by atoms with Crippen LogP contribution in [-0.2, 0) is 14.9 Å². The third kappa shape index (κ3) is 6.49. The zero-order valence-corrected chi connectivity index (χ0v) is 15.8. The third-order valence-corrected chi connectivity index (χ3v) is 3.55. The molecule has 1 unspecified atom stereocenters. The second-order valence-electron chi connectivity index (χ2n) is 8.02. The molecule has 0 spiro atoms. The number of hydrogen-bond donors (Lipinski definition) is 2. The molecule has 0 radical (unpaired) electrons. The number of benzene rings is 1. The van der Waals surface area contributed by atoms with E-state index in [0.29, 0.717) is 0 Å². The second kappa shape index (κ2) is 7.99. The number of ether oxygens (including phenoxy) is 2. The Hall–Kier alpha value is -1.59. The molecule has 1 aromatic rings. The summed E-state index contributed by atoms with van der Waals surface area (Å²) in [6.07, 6.45) is -1.46. The molecule has 0 fully saturated rings. The van der Waals surface area contributed by atoms with Gasteiger partial charge < -0.3 is 19.9 Å². The van der Waals surface area contributed by atoms with Crippen molar-refractivity contribution >= 4 is 6.09 Å². The van der Waals surface area contributed by atoms with Crippen LogP contribution in [0, 0.1) is 0 Å². The van der Waals surface area contributed by atoms with Crippen LogP contribution in [0.4, 0.5) is 4.79 Å². The monoisotopic (exact) mass is 337 g/mol. The Kier molecular flexibility index (Phi) is 6.81. The Balaban J connectivity index is 2.86. The summed E-state index contributed by atoms with van der Waals surface area (Å²) in [7, 11) is 1.53. The van der Waals surface area contributed by atoms with Crippen LogP contribution >= 0.6 is 0 Å². The highest BCUT2D eigenvalue weighted by Gasteiger charge is 2.26. The number of alkyl carbamates (subject to hydrolysis) is 1. The molecule has 2 N–H and O–H groups in total. The van der Waals surface area contributed by atoms with E-state index < -0.39 is 23.8 Å². The standard InChI is InChI=1S/C19H31NO4/c1-18(2,3)14-10-8-13(9-11-14)16(21)15(12-23-7)20-17(22)24-19(4,5)6/h8-11,15-16,21H,12H2,1-7H3,(H,20,22)/t15-,16?/m1/s1. The van der Waals surface area contributed by atoms with Gasteiger partial charge in [0.2, 0.25) is 0 Å². The van der Waals surface area contributed by atoms with Crippen molar-refractivity contribution in [2.45, 2.75) is 64.7 Å². The fraction of sp³-hybridized carbons (Fsp3) is 0.632. The number of amides is 1. The molecule has 5 nitrogen and oxygen atoms in total. The maximum Gasteiger partial charge on any atom is 0.408 e. The van der Waals surface area contributed by atoms with Gasteiger partial charge in [0.1, 0.15) is 11.7 Å². The van der Waals surface area contributed by atoms with Crippen LogP contribution in [0.25, 0.3) is 0 Å². The molecule has 0 aromatic heterocycles. The van der Waals surface area contributed by atoms with Gasteiger partial charge in [0.15, 0.2) is 0 Å². The van der Waals surface area contributed by atoms with Crippen molar-refractivity contribution in [2.75, 3.05) is 13.7 Å². The lowest BCUT2D eigenvalue weighted by atomic mass is 9.86. The lowest BCUT2D eigenvalue weighted by molar-refractivity contribution is 0.0301. The van der Waals surface area contributed by atoms with Crippen molar-refractivity contribution in [1.29, 1.82) is 0 Å². The first-order valence-corrected chi connectivity index (χ1v) is 8.21. The summed E-state index contributed by atoms with van der Waals surface area (Å²) in [5.41, 5.74) is 1.36. The van der Waals surface area contributed by atoms with E-state index in [1.165, 1.54) is 12.7 Å². The van der Waals surface area contributed by atoms with Crippen molar-refractivity contribution in [3.63, 3.8) is 0 Å². The molecule has 1 amide bonds. The summed E-state index contributed by atoms with van der Waals surface area (Å²) in [6, 6.07) is 7.16. The molecule has 0 aliphatic rings. The molecule has 0 saturated heterocycles. The highest BCUT2D eigenvalue weighted by Crippen LogP contribution is 2.25. The van der Waals surface area contributed by atoms with Gasteiger partial charge in [-0.1, -0.05) is 45.0 Å². The number of nitrogens with one attached hydrogen (secondary N) is 1. The van der Waals surface area contributed by atoms with Crippen LogP contribution in [0.15, 0.2) is 24.3 Å². The molecule has 0 saturated carbocycles. The molecule has 0 aliphatic heterocycles. The molecule has 2 atom stereocenters. The van der Waals surface area contributed by atoms with Gasteiger partial charge in [-0.05, 0) is 37.3 Å². The Morgan fingerprint density at radius 1 is 1.12 bits per heavy atom. The van der Waals surface area contributed by atoms with Gasteiger partial charge in [0, 0.05) is 7.11 Å². The van der Waals surface area contributed by atoms with Gasteiger partial charge in [-0.2, -0.15) is 0 Å². The molecular weight excluding hydrogens is 306 g/mol. The first kappa shape index (κ1) is 20.5. The summed E-state index contributed by atoms with van der Waals surface area (Å²) in [4.78, 5) is 12.0. The summed E-state index contributed by atoms with van der Waals surface area (Å²) >= 11 is 0. The van der Waals surface area contributed by atoms with Crippen LogP contribution in [0.1, 0.15) is 58.8 Å². The predicted octanol–water partition coefficient (Wildman–Crippen LogP) is 3.56. The summed E-state index contributed by atoms with van der Waals surface area (Å²) in [5.74, 6) is 0. The van der Waals surface area contributed by atoms with Gasteiger partial charge in [-0.3, -0.25) is 0 Å². The van der Waals surface area contributed by atoms with Crippen molar-refractivity contribution in [3.8, 4) is 0 Å². The maximum atomic E-state index is 12.0. The van der Waals surface area contributed by atoms with E-state index in [0.717, 1.165) is 5.56 Å². The fourth-order valence-electron chi connectivity index (χ4n) is 2.26. The summed E-state index contributed by atoms with van der Waals surface area (Å²) < 4.78 is 10.4. The van der Waals surface area contributed by atoms with E-state index >= 15 is 0 Å². The largest absolute Gasteiger partial charge is 0.444 e. The average molecular weight is 337 g/mol. The molecule has 0 aliphatic carbocycles. The number of aliphatic hydroxyl groups excluding tert-OH is 1. The Morgan fingerprint density at radius 3 is 2.08 bits per heavy atom. The molecule has 1 aromatic carbocycles. The highest BCUT2D eigenvalue weighted by atomic mass is 16.6. The van der Waals surface area contributed by atoms with E-state index in [4.69, 9.17) is 9.47 Å². The van der Waals surface area contributed by atoms with Crippen LogP contribution in [0.3, 0.4) is 0 Å². The zero-order valence-electron chi connectivity index (χ0n) is 15.8. The van der Waals surface area contributed by atoms with Crippen molar-refractivity contribution in [3.05, 3.63) is 35.4 Å². The molecular formula is C19H31NO4. The molecule has 24 heavy (non-hydrogen) atoms. The minimum atomic E-state index is -0.883. The lowest BCUT2D eigenvalue weighted by Crippen LogP contribution is -2.44. The van der Waals surface area contributed by atoms with E-state index in [2.05, 4.69) is 26.1 Å². The lowest BCUT2D eigenvalue weighted by Gasteiger charge is -2.27. The van der Waals surface area contributed by atoms with E-state index in [1.54, 1.807) is 20.8 Å². The zero-order chi connectivity index (χ0) is 18.5. The molecule has 0 bridgehead atoms. The smallest absolute Gasteiger partial charge is 0.408 e. The van der Waals surface area contributed by atoms with Crippen molar-refractivity contribution in [2.24, 2.45) is 0 Å². The molecule has 1 rings (SSSR count). The van der Waals surface area contributed by atoms with Crippen molar-refractivity contribution in [1.82, 2.24) is 5.32 Å². The fourth-order valence-corrected chi connectivity index (χ4v) is 2.26. The first-order valence-electron chi connectivity index (χ1n) is 8.21. The van der Waals surface area contributed by atoms with Gasteiger partial charge in [0.05, 0.1) is 12.6 Å². The number of methoxy groups -OCH3 is 1. The quantitative estimate of drug-likeness (QED) is 0.862. The Labute approximate surface area is 145 Å². The highest BCUT2D eigenvalue weighted by molar-refractivity contribution is 5.68. The van der Waals surface area contributed by atoms with Gasteiger partial charge in [0.25, 0.3) is 0 Å². The average Bonchev–Trinajstić information content (AvgIpc) is 2.43. The summed E-state index contributed by atoms with van der Waals surface area (Å²) in [6.45, 7) is 12.0. The number of carbonyl (C=O) groups excluding carboxylic acids is 1. The van der Waals surface area contributed by atoms with Gasteiger partial charge in [-0.25, -0.2) is 4.79 Å². The van der Waals surface area contributed by atoms with E-state index in [1.807, 2.05) is 24.3 Å². The first-order chi connectivity index (χ1) is 10.9. The molecule has 5 heteroatoms. The number of carbonyl (C=O) groups is 1. The van der Waals surface area contributed by atoms with Crippen LogP contribution < -0.4 is 5.32 Å². The number of rotatable bonds is 5. The SMILES string of the molecule is COC[C@@H](NC(=O)OC(C)(C)C)C(O)c1ccc(C(C)(C)C)cc1. The third-order valence-electron chi connectivity index (χ3n) is 3.55. The predicted molar refractivity (Wildman–Crippen MR) is 95.1 cm³/mol. The number of aliphatic hydroxyl groups is 1. The van der Waals surface area contributed by atoms with Crippen molar-refractivity contribution < 1.29 is 19.4 Å². The van der Waals surface area contributed by atoms with Gasteiger partial charge in [-0.15, -0.1) is 0 Å². The van der Waals surface area contributed by atoms with E-state index in [9.17, 15) is 9.90 Å². The molecule has 136 valence electrons. The number of hydrogen-bond acceptors (Lipinski definition) is 4. The van der Waals surface area contributed by atoms with E-state index in [-0.39, 0.29) is 12.0 Å². The van der Waals surface area contributed by atoms with Crippen LogP contribution in [0.2, 0.25) is 0 Å². The normalized spacial score (nSPS) is 14.8. The Morgan fingerprint density at radius 2 is 1.67 bits per heavy atom. The van der Waals surface area contributed by atoms with Gasteiger partial charge >= 0.3 is 6.09 Å². The van der Waals surface area contributed by atoms with Crippen LogP contribution in [0.5, 0.6) is 0 Å². The minimum Gasteiger partial charge on any atom is -0.444 e. The summed E-state index contributed by atoms with van der Waals surface area (Å²) in [5, 5.41) is 13.3. The minimum absolute atomic E-state index is 0.0458. The Bertz CT molecular complexity index is 526. The van der Waals surface area contributed by atoms with Crippen LogP contribution in [-0.4, -0.2) is 36.6 Å². The second-order valence-corrected chi connectivity index (χ2v) is 8.02. The maximum absolute atomic E-state index is 12.0. The molecule has 0 heterocycles. The topological polar surface area (TPSA) is 67.8 Å².